The predicted octanol–water partition coefficient (Wildman–Crippen LogP) is -0.552. The monoisotopic (exact) mass is 200 g/mol. The van der Waals surface area contributed by atoms with Gasteiger partial charge < -0.3 is 13.7 Å². The summed E-state index contributed by atoms with van der Waals surface area (Å²) in [5.74, 6) is -0.0312. The van der Waals surface area contributed by atoms with Gasteiger partial charge in [-0.05, 0) is 0 Å². The van der Waals surface area contributed by atoms with Gasteiger partial charge in [0.05, 0.1) is 21.2 Å². The molecule has 0 amide bonds. The molecule has 0 aromatic heterocycles. The van der Waals surface area contributed by atoms with Gasteiger partial charge in [-0.2, -0.15) is 0 Å². The van der Waals surface area contributed by atoms with Gasteiger partial charge in [0.2, 0.25) is 6.04 Å². The molecule has 0 aromatic rings. The second kappa shape index (κ2) is 2.94. The van der Waals surface area contributed by atoms with Gasteiger partial charge in [0.15, 0.2) is 0 Å². The first-order valence-corrected chi connectivity index (χ1v) is 5.25. The molecule has 4 nitrogen and oxygen atoms in total. The summed E-state index contributed by atoms with van der Waals surface area (Å²) in [6, 6.07) is 0.0625. The van der Waals surface area contributed by atoms with Crippen LogP contribution in [0.15, 0.2) is 0 Å². The highest BCUT2D eigenvalue weighted by Gasteiger charge is 2.54. The number of hydrogen-bond acceptors (Lipinski definition) is 2. The molecule has 14 heavy (non-hydrogen) atoms. The third-order valence-electron chi connectivity index (χ3n) is 4.14. The third kappa shape index (κ3) is 1.33. The molecule has 1 atom stereocenters. The summed E-state index contributed by atoms with van der Waals surface area (Å²) in [6.45, 7) is 5.56. The number of quaternary nitrogens is 2. The highest BCUT2D eigenvalue weighted by atomic mass is 16.5. The molecule has 80 valence electrons. The van der Waals surface area contributed by atoms with Crippen LogP contribution in [-0.4, -0.2) is 74.9 Å². The summed E-state index contributed by atoms with van der Waals surface area (Å²) in [4.78, 5) is 11.7. The fourth-order valence-electron chi connectivity index (χ4n) is 2.74. The molecule has 0 spiro atoms. The molecule has 0 N–H and O–H groups in total. The summed E-state index contributed by atoms with van der Waals surface area (Å²) < 4.78 is 6.83. The Kier molecular flexibility index (Phi) is 2.08. The Bertz CT molecular complexity index is 257. The minimum Gasteiger partial charge on any atom is -0.464 e. The van der Waals surface area contributed by atoms with Crippen LogP contribution in [0.4, 0.5) is 0 Å². The lowest BCUT2D eigenvalue weighted by Gasteiger charge is -2.55. The molecule has 3 fully saturated rings. The summed E-state index contributed by atoms with van der Waals surface area (Å²) in [7, 11) is 5.93. The van der Waals surface area contributed by atoms with Gasteiger partial charge in [0.1, 0.15) is 32.7 Å². The number of fused-ring (bicyclic) bond motifs is 3. The number of carbonyl (C=O) groups excluding carboxylic acids is 1. The highest BCUT2D eigenvalue weighted by Crippen LogP contribution is 2.28. The first-order valence-electron chi connectivity index (χ1n) is 5.25. The average Bonchev–Trinajstić information content (AvgIpc) is 2.19. The Morgan fingerprint density at radius 1 is 1.21 bits per heavy atom. The normalized spacial score (nSPS) is 46.4. The van der Waals surface area contributed by atoms with Crippen LogP contribution in [0.5, 0.6) is 0 Å². The maximum atomic E-state index is 11.7. The Hall–Kier alpha value is -0.610. The van der Waals surface area contributed by atoms with E-state index in [9.17, 15) is 4.79 Å². The van der Waals surface area contributed by atoms with Crippen LogP contribution in [0, 0.1) is 0 Å². The number of methoxy groups -OCH3 is 1. The second-order valence-corrected chi connectivity index (χ2v) is 5.21. The number of nitrogens with zero attached hydrogens (tertiary/aromatic N) is 2. The van der Waals surface area contributed by atoms with Crippen molar-refractivity contribution in [2.45, 2.75) is 6.04 Å². The van der Waals surface area contributed by atoms with Crippen molar-refractivity contribution in [1.29, 1.82) is 0 Å². The lowest BCUT2D eigenvalue weighted by molar-refractivity contribution is -1.07. The number of carbonyl (C=O) groups is 1. The summed E-state index contributed by atoms with van der Waals surface area (Å²) in [5.41, 5.74) is 0. The van der Waals surface area contributed by atoms with Gasteiger partial charge in [0, 0.05) is 0 Å². The van der Waals surface area contributed by atoms with Crippen LogP contribution in [0.25, 0.3) is 0 Å². The number of rotatable bonds is 1. The zero-order chi connectivity index (χ0) is 10.4. The first kappa shape index (κ1) is 9.93. The average molecular weight is 200 g/mol. The summed E-state index contributed by atoms with van der Waals surface area (Å²) >= 11 is 0. The molecule has 0 aromatic carbocycles. The quantitative estimate of drug-likeness (QED) is 0.419. The Morgan fingerprint density at radius 2 is 1.79 bits per heavy atom. The van der Waals surface area contributed by atoms with Crippen molar-refractivity contribution in [3.63, 3.8) is 0 Å². The minimum atomic E-state index is -0.0312. The van der Waals surface area contributed by atoms with E-state index in [1.807, 2.05) is 0 Å². The van der Waals surface area contributed by atoms with E-state index in [-0.39, 0.29) is 12.0 Å². The molecule has 4 heteroatoms. The van der Waals surface area contributed by atoms with Crippen LogP contribution in [0.3, 0.4) is 0 Å². The first-order chi connectivity index (χ1) is 6.49. The van der Waals surface area contributed by atoms with Gasteiger partial charge in [-0.25, -0.2) is 4.79 Å². The van der Waals surface area contributed by atoms with Gasteiger partial charge in [-0.3, -0.25) is 0 Å². The number of ether oxygens (including phenoxy) is 1. The molecule has 3 heterocycles. The predicted molar refractivity (Wildman–Crippen MR) is 52.5 cm³/mol. The molecule has 3 saturated heterocycles. The molecule has 0 aliphatic carbocycles. The topological polar surface area (TPSA) is 26.3 Å². The highest BCUT2D eigenvalue weighted by molar-refractivity contribution is 5.74. The Labute approximate surface area is 85.2 Å². The van der Waals surface area contributed by atoms with E-state index < -0.39 is 0 Å². The van der Waals surface area contributed by atoms with Crippen LogP contribution >= 0.6 is 0 Å². The number of likely N-dealkylation sites (N-methyl/N-ethyl adjacent to an activating group) is 2. The largest absolute Gasteiger partial charge is 0.464 e. The zero-order valence-corrected chi connectivity index (χ0v) is 9.32. The van der Waals surface area contributed by atoms with Crippen molar-refractivity contribution in [1.82, 2.24) is 0 Å². The SMILES string of the molecule is COC(=O)C1C[N+]2(C)CC[N+]1(C)CC2. The van der Waals surface area contributed by atoms with Gasteiger partial charge in [-0.1, -0.05) is 0 Å². The third-order valence-corrected chi connectivity index (χ3v) is 4.14. The number of piperazine rings is 3. The lowest BCUT2D eigenvalue weighted by Crippen LogP contribution is -2.78. The van der Waals surface area contributed by atoms with Gasteiger partial charge >= 0.3 is 5.97 Å². The smallest absolute Gasteiger partial charge is 0.370 e. The van der Waals surface area contributed by atoms with E-state index in [0.29, 0.717) is 0 Å². The Balaban J connectivity index is 2.22. The minimum absolute atomic E-state index is 0.0312. The molecule has 0 radical (unpaired) electrons. The molecule has 0 saturated carbocycles. The van der Waals surface area contributed by atoms with E-state index in [0.717, 1.165) is 28.6 Å². The van der Waals surface area contributed by atoms with Crippen molar-refractivity contribution in [3.8, 4) is 0 Å². The maximum absolute atomic E-state index is 11.7. The van der Waals surface area contributed by atoms with Crippen LogP contribution in [0.1, 0.15) is 0 Å². The molecule has 2 bridgehead atoms. The lowest BCUT2D eigenvalue weighted by atomic mass is 10.0. The van der Waals surface area contributed by atoms with Gasteiger partial charge in [0.25, 0.3) is 0 Å². The summed E-state index contributed by atoms with van der Waals surface area (Å²) in [6.07, 6.45) is 0. The molecule has 3 aliphatic heterocycles. The van der Waals surface area contributed by atoms with Crippen LogP contribution in [0.2, 0.25) is 0 Å². The fourth-order valence-corrected chi connectivity index (χ4v) is 2.74. The van der Waals surface area contributed by atoms with E-state index >= 15 is 0 Å². The van der Waals surface area contributed by atoms with E-state index in [2.05, 4.69) is 14.1 Å². The number of esters is 1. The molecule has 3 aliphatic rings. The maximum Gasteiger partial charge on any atom is 0.370 e. The van der Waals surface area contributed by atoms with E-state index in [1.165, 1.54) is 20.2 Å². The van der Waals surface area contributed by atoms with Crippen molar-refractivity contribution < 1.29 is 18.5 Å². The van der Waals surface area contributed by atoms with Crippen molar-refractivity contribution in [2.24, 2.45) is 0 Å². The standard InChI is InChI=1S/C10H20N2O2/c1-11-4-6-12(2,7-5-11)9(8-11)10(13)14-3/h9H,4-8H2,1-3H3/q+2. The second-order valence-electron chi connectivity index (χ2n) is 5.21. The fraction of sp³-hybridized carbons (Fsp3) is 0.900. The van der Waals surface area contributed by atoms with Gasteiger partial charge in [-0.15, -0.1) is 0 Å². The molecular weight excluding hydrogens is 180 g/mol. The van der Waals surface area contributed by atoms with Crippen molar-refractivity contribution in [2.75, 3.05) is 53.9 Å². The van der Waals surface area contributed by atoms with E-state index in [4.69, 9.17) is 4.74 Å². The molecular formula is C10H20N2O2+2. The molecule has 3 rings (SSSR count). The molecule has 1 unspecified atom stereocenters. The number of hydrogen-bond donors (Lipinski definition) is 0. The Morgan fingerprint density at radius 3 is 2.29 bits per heavy atom. The van der Waals surface area contributed by atoms with E-state index in [1.54, 1.807) is 0 Å². The van der Waals surface area contributed by atoms with Crippen molar-refractivity contribution in [3.05, 3.63) is 0 Å². The zero-order valence-electron chi connectivity index (χ0n) is 9.32. The van der Waals surface area contributed by atoms with Crippen molar-refractivity contribution >= 4 is 5.97 Å². The van der Waals surface area contributed by atoms with Crippen LogP contribution < -0.4 is 0 Å². The summed E-state index contributed by atoms with van der Waals surface area (Å²) in [5, 5.41) is 0. The van der Waals surface area contributed by atoms with Crippen LogP contribution in [-0.2, 0) is 9.53 Å².